The molecule has 4 rings (SSSR count). The lowest BCUT2D eigenvalue weighted by molar-refractivity contribution is 0.0840. The van der Waals surface area contributed by atoms with Gasteiger partial charge in [0.1, 0.15) is 5.75 Å². The maximum absolute atomic E-state index is 13.5. The zero-order valence-electron chi connectivity index (χ0n) is 19.6. The first-order valence-corrected chi connectivity index (χ1v) is 11.4. The third kappa shape index (κ3) is 4.23. The molecule has 0 radical (unpaired) electrons. The lowest BCUT2D eigenvalue weighted by Gasteiger charge is -2.38. The van der Waals surface area contributed by atoms with Crippen LogP contribution in [0, 0.1) is 0 Å². The molecule has 7 heteroatoms. The van der Waals surface area contributed by atoms with E-state index >= 15 is 0 Å². The van der Waals surface area contributed by atoms with Gasteiger partial charge in [0, 0.05) is 42.6 Å². The molecule has 0 unspecified atom stereocenters. The van der Waals surface area contributed by atoms with E-state index in [4.69, 9.17) is 4.74 Å². The predicted octanol–water partition coefficient (Wildman–Crippen LogP) is 4.60. The van der Waals surface area contributed by atoms with Gasteiger partial charge in [0.25, 0.3) is 11.8 Å². The zero-order valence-corrected chi connectivity index (χ0v) is 19.6. The van der Waals surface area contributed by atoms with Crippen LogP contribution in [0.3, 0.4) is 0 Å². The Balaban J connectivity index is 1.65. The molecule has 0 fully saturated rings. The number of fused-ring (bicyclic) bond motifs is 1. The average Bonchev–Trinajstić information content (AvgIpc) is 3.33. The van der Waals surface area contributed by atoms with Crippen LogP contribution in [0.4, 0.5) is 11.5 Å². The fourth-order valence-electron chi connectivity index (χ4n) is 4.54. The number of amides is 1. The minimum atomic E-state index is -0.374. The van der Waals surface area contributed by atoms with E-state index in [0.29, 0.717) is 17.7 Å². The number of aromatic nitrogens is 2. The molecular weight excluding hydrogens is 416 g/mol. The summed E-state index contributed by atoms with van der Waals surface area (Å²) in [5.74, 6) is 0.950. The van der Waals surface area contributed by atoms with Crippen molar-refractivity contribution in [1.82, 2.24) is 9.78 Å². The van der Waals surface area contributed by atoms with Crippen LogP contribution in [0.15, 0.2) is 60.8 Å². The minimum absolute atomic E-state index is 0.0794. The lowest BCUT2D eigenvalue weighted by atomic mass is 9.85. The molecule has 172 valence electrons. The summed E-state index contributed by atoms with van der Waals surface area (Å²) in [6.07, 6.45) is 2.26. The average molecular weight is 447 g/mol. The minimum Gasteiger partial charge on any atom is -0.497 e. The second-order valence-electron chi connectivity index (χ2n) is 8.23. The largest absolute Gasteiger partial charge is 0.497 e. The van der Waals surface area contributed by atoms with Crippen molar-refractivity contribution >= 4 is 23.3 Å². The van der Waals surface area contributed by atoms with E-state index in [1.165, 1.54) is 4.68 Å². The highest BCUT2D eigenvalue weighted by molar-refractivity contribution is 6.08. The maximum atomic E-state index is 13.5. The van der Waals surface area contributed by atoms with Crippen LogP contribution in [0.1, 0.15) is 53.8 Å². The third-order valence-electron chi connectivity index (χ3n) is 6.33. The Morgan fingerprint density at radius 1 is 1.06 bits per heavy atom. The van der Waals surface area contributed by atoms with Crippen LogP contribution < -0.4 is 14.5 Å². The number of rotatable bonds is 6. The topological polar surface area (TPSA) is 67.7 Å². The van der Waals surface area contributed by atoms with Gasteiger partial charge in [0.05, 0.1) is 13.0 Å². The summed E-state index contributed by atoms with van der Waals surface area (Å²) in [6, 6.07) is 16.5. The second-order valence-corrected chi connectivity index (χ2v) is 8.23. The van der Waals surface area contributed by atoms with E-state index in [9.17, 15) is 9.59 Å². The smallest absolute Gasteiger partial charge is 0.258 e. The summed E-state index contributed by atoms with van der Waals surface area (Å²) in [7, 11) is 1.60. The number of carbonyl (C=O) groups excluding carboxylic acids is 2. The Bertz CT molecular complexity index is 1130. The van der Waals surface area contributed by atoms with Crippen LogP contribution in [-0.4, -0.2) is 47.8 Å². The monoisotopic (exact) mass is 446 g/mol. The van der Waals surface area contributed by atoms with Crippen LogP contribution in [-0.2, 0) is 0 Å². The van der Waals surface area contributed by atoms with Crippen molar-refractivity contribution < 1.29 is 14.3 Å². The summed E-state index contributed by atoms with van der Waals surface area (Å²) in [5.41, 5.74) is 2.20. The molecule has 0 N–H and O–H groups in total. The van der Waals surface area contributed by atoms with Crippen molar-refractivity contribution in [1.29, 1.82) is 0 Å². The lowest BCUT2D eigenvalue weighted by Crippen LogP contribution is -2.45. The van der Waals surface area contributed by atoms with Gasteiger partial charge in [-0.25, -0.2) is 4.68 Å². The Morgan fingerprint density at radius 3 is 2.42 bits per heavy atom. The molecule has 1 amide bonds. The van der Waals surface area contributed by atoms with Crippen LogP contribution >= 0.6 is 0 Å². The molecular formula is C26H30N4O3. The molecule has 33 heavy (non-hydrogen) atoms. The van der Waals surface area contributed by atoms with Gasteiger partial charge in [-0.15, -0.1) is 5.10 Å². The number of hydrogen-bond acceptors (Lipinski definition) is 5. The highest BCUT2D eigenvalue weighted by atomic mass is 16.5. The first-order chi connectivity index (χ1) is 16.0. The summed E-state index contributed by atoms with van der Waals surface area (Å²) < 4.78 is 6.66. The molecule has 1 aromatic heterocycles. The van der Waals surface area contributed by atoms with Crippen LogP contribution in [0.25, 0.3) is 0 Å². The van der Waals surface area contributed by atoms with Gasteiger partial charge < -0.3 is 14.5 Å². The van der Waals surface area contributed by atoms with E-state index < -0.39 is 0 Å². The van der Waals surface area contributed by atoms with Gasteiger partial charge in [-0.3, -0.25) is 9.59 Å². The van der Waals surface area contributed by atoms with Crippen molar-refractivity contribution in [3.8, 4) is 5.75 Å². The van der Waals surface area contributed by atoms with Crippen molar-refractivity contribution in [2.45, 2.75) is 39.2 Å². The Labute approximate surface area is 194 Å². The molecule has 2 heterocycles. The van der Waals surface area contributed by atoms with E-state index in [-0.39, 0.29) is 23.8 Å². The fourth-order valence-corrected chi connectivity index (χ4v) is 4.54. The van der Waals surface area contributed by atoms with Crippen molar-refractivity contribution in [2.24, 2.45) is 0 Å². The van der Waals surface area contributed by atoms with E-state index in [0.717, 1.165) is 30.2 Å². The van der Waals surface area contributed by atoms with Gasteiger partial charge in [0.2, 0.25) is 0 Å². The quantitative estimate of drug-likeness (QED) is 0.554. The summed E-state index contributed by atoms with van der Waals surface area (Å²) in [6.45, 7) is 7.78. The highest BCUT2D eigenvalue weighted by Gasteiger charge is 2.38. The molecule has 0 saturated heterocycles. The molecule has 1 aliphatic heterocycles. The predicted molar refractivity (Wildman–Crippen MR) is 129 cm³/mol. The Hall–Kier alpha value is -3.61. The zero-order chi connectivity index (χ0) is 23.5. The first kappa shape index (κ1) is 22.6. The van der Waals surface area contributed by atoms with Crippen molar-refractivity contribution in [2.75, 3.05) is 30.0 Å². The number of hydrogen-bond donors (Lipinski definition) is 0. The standard InChI is InChI=1S/C26H30N4O3/c1-5-28(6-2)24-15-16-29(27-24)26(32)22-17-18(3)30(23-10-8-7-9-21(22)23)25(31)19-11-13-20(33-4)14-12-19/h7-16,18,22H,5-6,17H2,1-4H3/t18-,22-/m1/s1. The van der Waals surface area contributed by atoms with Crippen LogP contribution in [0.2, 0.25) is 0 Å². The highest BCUT2D eigenvalue weighted by Crippen LogP contribution is 2.40. The SMILES string of the molecule is CCN(CC)c1ccn(C(=O)[C@@H]2C[C@@H](C)N(C(=O)c3ccc(OC)cc3)c3ccccc32)n1. The van der Waals surface area contributed by atoms with Crippen molar-refractivity contribution in [3.63, 3.8) is 0 Å². The van der Waals surface area contributed by atoms with E-state index in [1.54, 1.807) is 42.5 Å². The number of para-hydroxylation sites is 1. The van der Waals surface area contributed by atoms with E-state index in [1.807, 2.05) is 37.3 Å². The fraction of sp³-hybridized carbons (Fsp3) is 0.346. The Morgan fingerprint density at radius 2 is 1.76 bits per heavy atom. The summed E-state index contributed by atoms with van der Waals surface area (Å²) in [4.78, 5) is 30.8. The van der Waals surface area contributed by atoms with Gasteiger partial charge >= 0.3 is 0 Å². The Kier molecular flexibility index (Phi) is 6.49. The first-order valence-electron chi connectivity index (χ1n) is 11.4. The van der Waals surface area contributed by atoms with Crippen molar-refractivity contribution in [3.05, 3.63) is 71.9 Å². The van der Waals surface area contributed by atoms with Gasteiger partial charge in [-0.1, -0.05) is 18.2 Å². The third-order valence-corrected chi connectivity index (χ3v) is 6.33. The second kappa shape index (κ2) is 9.48. The molecule has 0 spiro atoms. The number of anilines is 2. The summed E-state index contributed by atoms with van der Waals surface area (Å²) in [5, 5.41) is 4.54. The maximum Gasteiger partial charge on any atom is 0.258 e. The molecule has 0 saturated carbocycles. The molecule has 3 aromatic rings. The molecule has 2 atom stereocenters. The number of nitrogens with zero attached hydrogens (tertiary/aromatic N) is 4. The molecule has 2 aromatic carbocycles. The number of ether oxygens (including phenoxy) is 1. The number of methoxy groups -OCH3 is 1. The molecule has 0 aliphatic carbocycles. The number of carbonyl (C=O) groups is 2. The summed E-state index contributed by atoms with van der Waals surface area (Å²) >= 11 is 0. The van der Waals surface area contributed by atoms with Gasteiger partial charge in [-0.2, -0.15) is 0 Å². The molecule has 1 aliphatic rings. The van der Waals surface area contributed by atoms with Gasteiger partial charge in [-0.05, 0) is 63.1 Å². The molecule has 7 nitrogen and oxygen atoms in total. The normalized spacial score (nSPS) is 17.4. The van der Waals surface area contributed by atoms with Gasteiger partial charge in [0.15, 0.2) is 5.82 Å². The van der Waals surface area contributed by atoms with E-state index in [2.05, 4.69) is 23.8 Å². The van der Waals surface area contributed by atoms with Crippen LogP contribution in [0.5, 0.6) is 5.75 Å². The molecule has 0 bridgehead atoms. The number of benzene rings is 2.